The van der Waals surface area contributed by atoms with Gasteiger partial charge in [-0.1, -0.05) is 6.92 Å². The molecule has 0 bridgehead atoms. The smallest absolute Gasteiger partial charge is 0.0537 e. The van der Waals surface area contributed by atoms with Gasteiger partial charge in [0.05, 0.1) is 6.20 Å². The van der Waals surface area contributed by atoms with E-state index in [-0.39, 0.29) is 0 Å². The molecule has 0 aliphatic carbocycles. The van der Waals surface area contributed by atoms with E-state index in [4.69, 9.17) is 0 Å². The van der Waals surface area contributed by atoms with E-state index in [1.807, 2.05) is 22.6 Å². The molecule has 1 N–H and O–H groups in total. The van der Waals surface area contributed by atoms with E-state index in [1.54, 1.807) is 0 Å². The second kappa shape index (κ2) is 6.90. The van der Waals surface area contributed by atoms with Crippen molar-refractivity contribution in [2.45, 2.75) is 32.9 Å². The van der Waals surface area contributed by atoms with Crippen molar-refractivity contribution in [3.05, 3.63) is 18.0 Å². The third-order valence-corrected chi connectivity index (χ3v) is 3.02. The first-order valence-electron chi connectivity index (χ1n) is 5.56. The van der Waals surface area contributed by atoms with Crippen molar-refractivity contribution in [1.29, 1.82) is 0 Å². The molecule has 1 heterocycles. The third-order valence-electron chi connectivity index (χ3n) is 2.35. The zero-order valence-electron chi connectivity index (χ0n) is 9.86. The Hall–Kier alpha value is -0.480. The zero-order valence-corrected chi connectivity index (χ0v) is 10.7. The summed E-state index contributed by atoms with van der Waals surface area (Å²) in [5, 5.41) is 7.86. The Bertz CT molecular complexity index is 273. The van der Waals surface area contributed by atoms with E-state index in [9.17, 15) is 0 Å². The molecule has 15 heavy (non-hydrogen) atoms. The molecular formula is C11H21N3S. The summed E-state index contributed by atoms with van der Waals surface area (Å²) in [6.07, 6.45) is 7.44. The molecule has 0 amide bonds. The van der Waals surface area contributed by atoms with Crippen LogP contribution >= 0.6 is 11.8 Å². The van der Waals surface area contributed by atoms with Gasteiger partial charge >= 0.3 is 0 Å². The molecule has 1 aromatic heterocycles. The predicted molar refractivity (Wildman–Crippen MR) is 67.3 cm³/mol. The lowest BCUT2D eigenvalue weighted by atomic mass is 10.2. The Labute approximate surface area is 96.6 Å². The third kappa shape index (κ3) is 3.87. The summed E-state index contributed by atoms with van der Waals surface area (Å²) >= 11 is 1.87. The molecule has 0 spiro atoms. The fraction of sp³-hybridized carbons (Fsp3) is 0.727. The van der Waals surface area contributed by atoms with Crippen molar-refractivity contribution < 1.29 is 0 Å². The Kier molecular flexibility index (Phi) is 5.79. The van der Waals surface area contributed by atoms with E-state index in [0.29, 0.717) is 6.04 Å². The molecule has 0 aliphatic rings. The number of hydrogen-bond donors (Lipinski definition) is 1. The van der Waals surface area contributed by atoms with E-state index in [1.165, 1.54) is 12.0 Å². The molecule has 3 nitrogen and oxygen atoms in total. The Morgan fingerprint density at radius 2 is 2.33 bits per heavy atom. The fourth-order valence-corrected chi connectivity index (χ4v) is 2.13. The van der Waals surface area contributed by atoms with Crippen LogP contribution in [0.15, 0.2) is 12.4 Å². The van der Waals surface area contributed by atoms with Crippen LogP contribution in [0.1, 0.15) is 31.9 Å². The molecule has 0 aromatic carbocycles. The van der Waals surface area contributed by atoms with Gasteiger partial charge in [-0.3, -0.25) is 4.68 Å². The summed E-state index contributed by atoms with van der Waals surface area (Å²) < 4.78 is 1.98. The Morgan fingerprint density at radius 1 is 1.53 bits per heavy atom. The van der Waals surface area contributed by atoms with E-state index in [0.717, 1.165) is 18.8 Å². The zero-order chi connectivity index (χ0) is 11.1. The van der Waals surface area contributed by atoms with Gasteiger partial charge < -0.3 is 5.32 Å². The summed E-state index contributed by atoms with van der Waals surface area (Å²) in [6.45, 7) is 6.32. The summed E-state index contributed by atoms with van der Waals surface area (Å²) in [4.78, 5) is 0. The molecule has 0 saturated carbocycles. The van der Waals surface area contributed by atoms with Crippen molar-refractivity contribution in [3.8, 4) is 0 Å². The van der Waals surface area contributed by atoms with Crippen LogP contribution in [0.2, 0.25) is 0 Å². The van der Waals surface area contributed by atoms with Gasteiger partial charge in [-0.05, 0) is 26.1 Å². The van der Waals surface area contributed by atoms with Crippen molar-refractivity contribution >= 4 is 11.8 Å². The number of aryl methyl sites for hydroxylation is 1. The van der Waals surface area contributed by atoms with Crippen LogP contribution in [-0.2, 0) is 6.54 Å². The first kappa shape index (κ1) is 12.6. The van der Waals surface area contributed by atoms with E-state index < -0.39 is 0 Å². The molecule has 1 rings (SSSR count). The maximum absolute atomic E-state index is 4.31. The Morgan fingerprint density at radius 3 is 2.87 bits per heavy atom. The van der Waals surface area contributed by atoms with Gasteiger partial charge in [0, 0.05) is 30.1 Å². The first-order valence-corrected chi connectivity index (χ1v) is 6.95. The number of rotatable bonds is 7. The fourth-order valence-electron chi connectivity index (χ4n) is 1.49. The Balaban J connectivity index is 2.60. The lowest BCUT2D eigenvalue weighted by Gasteiger charge is -2.15. The van der Waals surface area contributed by atoms with Crippen LogP contribution in [0.3, 0.4) is 0 Å². The molecule has 0 fully saturated rings. The largest absolute Gasteiger partial charge is 0.309 e. The van der Waals surface area contributed by atoms with Crippen molar-refractivity contribution in [1.82, 2.24) is 15.1 Å². The maximum Gasteiger partial charge on any atom is 0.0537 e. The van der Waals surface area contributed by atoms with Gasteiger partial charge in [-0.2, -0.15) is 16.9 Å². The SMILES string of the molecule is CCCNC(CSC)c1cnn(CC)c1. The van der Waals surface area contributed by atoms with Crippen LogP contribution < -0.4 is 5.32 Å². The van der Waals surface area contributed by atoms with Gasteiger partial charge in [0.15, 0.2) is 0 Å². The minimum atomic E-state index is 0.445. The number of thioether (sulfide) groups is 1. The van der Waals surface area contributed by atoms with Gasteiger partial charge in [0.1, 0.15) is 0 Å². The molecule has 1 atom stereocenters. The van der Waals surface area contributed by atoms with Crippen molar-refractivity contribution in [2.75, 3.05) is 18.6 Å². The number of aromatic nitrogens is 2. The summed E-state index contributed by atoms with van der Waals surface area (Å²) in [5.41, 5.74) is 1.31. The molecule has 0 aliphatic heterocycles. The molecule has 1 unspecified atom stereocenters. The average Bonchev–Trinajstić information content (AvgIpc) is 2.72. The molecule has 0 saturated heterocycles. The van der Waals surface area contributed by atoms with Gasteiger partial charge in [-0.15, -0.1) is 0 Å². The van der Waals surface area contributed by atoms with Gasteiger partial charge in [0.25, 0.3) is 0 Å². The maximum atomic E-state index is 4.31. The summed E-state index contributed by atoms with van der Waals surface area (Å²) in [6, 6.07) is 0.445. The lowest BCUT2D eigenvalue weighted by molar-refractivity contribution is 0.576. The second-order valence-corrected chi connectivity index (χ2v) is 4.50. The summed E-state index contributed by atoms with van der Waals surface area (Å²) in [5.74, 6) is 1.11. The normalized spacial score (nSPS) is 13.0. The minimum Gasteiger partial charge on any atom is -0.309 e. The van der Waals surface area contributed by atoms with Gasteiger partial charge in [-0.25, -0.2) is 0 Å². The van der Waals surface area contributed by atoms with Gasteiger partial charge in [0.2, 0.25) is 0 Å². The lowest BCUT2D eigenvalue weighted by Crippen LogP contribution is -2.23. The van der Waals surface area contributed by atoms with E-state index >= 15 is 0 Å². The average molecular weight is 227 g/mol. The molecule has 4 heteroatoms. The molecule has 1 aromatic rings. The van der Waals surface area contributed by atoms with Crippen LogP contribution in [-0.4, -0.2) is 28.3 Å². The van der Waals surface area contributed by atoms with Crippen LogP contribution in [0.5, 0.6) is 0 Å². The molecule has 86 valence electrons. The quantitative estimate of drug-likeness (QED) is 0.775. The van der Waals surface area contributed by atoms with Crippen molar-refractivity contribution in [2.24, 2.45) is 0 Å². The van der Waals surface area contributed by atoms with E-state index in [2.05, 4.69) is 36.7 Å². The summed E-state index contributed by atoms with van der Waals surface area (Å²) in [7, 11) is 0. The van der Waals surface area contributed by atoms with Crippen LogP contribution in [0.4, 0.5) is 0 Å². The standard InChI is InChI=1S/C11H21N3S/c1-4-6-12-11(9-15-3)10-7-13-14(5-2)8-10/h7-8,11-12H,4-6,9H2,1-3H3. The topological polar surface area (TPSA) is 29.9 Å². The first-order chi connectivity index (χ1) is 7.31. The molecular weight excluding hydrogens is 206 g/mol. The number of nitrogens with one attached hydrogen (secondary N) is 1. The van der Waals surface area contributed by atoms with Crippen molar-refractivity contribution in [3.63, 3.8) is 0 Å². The monoisotopic (exact) mass is 227 g/mol. The highest BCUT2D eigenvalue weighted by molar-refractivity contribution is 7.98. The number of nitrogens with zero attached hydrogens (tertiary/aromatic N) is 2. The van der Waals surface area contributed by atoms with Crippen LogP contribution in [0, 0.1) is 0 Å². The molecule has 0 radical (unpaired) electrons. The highest BCUT2D eigenvalue weighted by Crippen LogP contribution is 2.16. The van der Waals surface area contributed by atoms with Crippen LogP contribution in [0.25, 0.3) is 0 Å². The highest BCUT2D eigenvalue weighted by Gasteiger charge is 2.11. The predicted octanol–water partition coefficient (Wildman–Crippen LogP) is 2.31. The number of hydrogen-bond acceptors (Lipinski definition) is 3. The highest BCUT2D eigenvalue weighted by atomic mass is 32.2. The minimum absolute atomic E-state index is 0.445. The second-order valence-electron chi connectivity index (χ2n) is 3.59.